The Balaban J connectivity index is 2.04. The van der Waals surface area contributed by atoms with Crippen LogP contribution in [0.4, 0.5) is 18.7 Å². The highest BCUT2D eigenvalue weighted by Gasteiger charge is 2.51. The van der Waals surface area contributed by atoms with Crippen molar-refractivity contribution in [2.24, 2.45) is 0 Å². The van der Waals surface area contributed by atoms with E-state index in [0.717, 1.165) is 21.1 Å². The summed E-state index contributed by atoms with van der Waals surface area (Å²) < 4.78 is 44.7. The summed E-state index contributed by atoms with van der Waals surface area (Å²) in [5.41, 5.74) is 0.432. The zero-order valence-corrected chi connectivity index (χ0v) is 12.1. The lowest BCUT2D eigenvalue weighted by atomic mass is 9.86. The number of nitro benzene ring substituents is 1. The van der Waals surface area contributed by atoms with Crippen molar-refractivity contribution < 1.29 is 22.4 Å². The molecule has 0 unspecified atom stereocenters. The molecular weight excluding hydrogens is 322 g/mol. The highest BCUT2D eigenvalue weighted by atomic mass is 19.2. The highest BCUT2D eigenvalue weighted by molar-refractivity contribution is 6.57. The summed E-state index contributed by atoms with van der Waals surface area (Å²) in [5.74, 6) is -0.800. The number of nitro groups is 1. The summed E-state index contributed by atoms with van der Waals surface area (Å²) in [6.07, 6.45) is 5.43. The first-order chi connectivity index (χ1) is 11.4. The van der Waals surface area contributed by atoms with E-state index in [-0.39, 0.29) is 17.0 Å². The number of aromatic nitrogens is 1. The van der Waals surface area contributed by atoms with Gasteiger partial charge in [0.2, 0.25) is 0 Å². The number of hydrogen-bond donors (Lipinski definition) is 0. The van der Waals surface area contributed by atoms with Crippen molar-refractivity contribution >= 4 is 24.4 Å². The summed E-state index contributed by atoms with van der Waals surface area (Å²) in [5, 5.41) is 11.0. The number of nitrogens with zero attached hydrogens (tertiary/aromatic N) is 3. The Kier molecular flexibility index (Phi) is 2.84. The number of allylic oxidation sites excluding steroid dienone is 2. The zero-order chi connectivity index (χ0) is 17.1. The van der Waals surface area contributed by atoms with Crippen LogP contribution in [0.1, 0.15) is 11.3 Å². The molecule has 2 aliphatic heterocycles. The van der Waals surface area contributed by atoms with Crippen molar-refractivity contribution in [1.82, 2.24) is 4.48 Å². The average Bonchev–Trinajstić information content (AvgIpc) is 3.16. The second kappa shape index (κ2) is 4.70. The van der Waals surface area contributed by atoms with Gasteiger partial charge in [-0.15, -0.1) is 0 Å². The number of non-ortho nitro benzene ring substituents is 1. The minimum absolute atomic E-state index is 0.174. The van der Waals surface area contributed by atoms with Gasteiger partial charge in [0, 0.05) is 23.9 Å². The van der Waals surface area contributed by atoms with Gasteiger partial charge in [0.1, 0.15) is 12.0 Å². The van der Waals surface area contributed by atoms with Crippen molar-refractivity contribution in [2.75, 3.05) is 0 Å². The predicted molar refractivity (Wildman–Crippen MR) is 82.3 cm³/mol. The smallest absolute Gasteiger partial charge is 0.396 e. The van der Waals surface area contributed by atoms with Gasteiger partial charge in [-0.1, -0.05) is 0 Å². The van der Waals surface area contributed by atoms with Crippen molar-refractivity contribution in [2.45, 2.75) is 0 Å². The van der Waals surface area contributed by atoms with Crippen LogP contribution in [0.25, 0.3) is 5.57 Å². The Morgan fingerprint density at radius 2 is 2.04 bits per heavy atom. The van der Waals surface area contributed by atoms with Gasteiger partial charge in [-0.2, -0.15) is 0 Å². The Morgan fingerprint density at radius 3 is 2.79 bits per heavy atom. The maximum Gasteiger partial charge on any atom is 0.737 e. The van der Waals surface area contributed by atoms with E-state index < -0.39 is 23.4 Å². The van der Waals surface area contributed by atoms with E-state index in [1.54, 1.807) is 0 Å². The molecule has 0 amide bonds. The van der Waals surface area contributed by atoms with Crippen LogP contribution < -0.4 is 0 Å². The van der Waals surface area contributed by atoms with Crippen LogP contribution in [0.3, 0.4) is 0 Å². The largest absolute Gasteiger partial charge is 0.737 e. The van der Waals surface area contributed by atoms with Gasteiger partial charge in [-0.3, -0.25) is 10.1 Å². The fourth-order valence-corrected chi connectivity index (χ4v) is 3.14. The summed E-state index contributed by atoms with van der Waals surface area (Å²) in [4.78, 5) is 10.3. The van der Waals surface area contributed by atoms with Gasteiger partial charge >= 0.3 is 6.97 Å². The molecule has 0 fully saturated rings. The van der Waals surface area contributed by atoms with Crippen LogP contribution in [-0.4, -0.2) is 27.1 Å². The summed E-state index contributed by atoms with van der Waals surface area (Å²) >= 11 is 0. The van der Waals surface area contributed by atoms with E-state index in [4.69, 9.17) is 0 Å². The molecule has 0 spiro atoms. The van der Waals surface area contributed by atoms with E-state index in [2.05, 4.69) is 0 Å². The van der Waals surface area contributed by atoms with Crippen LogP contribution in [0, 0.1) is 15.9 Å². The third kappa shape index (κ3) is 1.87. The van der Waals surface area contributed by atoms with E-state index in [0.29, 0.717) is 5.57 Å². The average molecular weight is 331 g/mol. The van der Waals surface area contributed by atoms with Gasteiger partial charge < -0.3 is 17.6 Å². The third-order valence-corrected chi connectivity index (χ3v) is 4.12. The normalized spacial score (nSPS) is 17.5. The maximum atomic E-state index is 14.6. The van der Waals surface area contributed by atoms with Crippen molar-refractivity contribution in [3.8, 4) is 0 Å². The number of halogens is 3. The second-order valence-corrected chi connectivity index (χ2v) is 5.52. The molecule has 0 aliphatic carbocycles. The number of fused-ring (bicyclic) bond motifs is 2. The summed E-state index contributed by atoms with van der Waals surface area (Å²) in [7, 11) is 0. The lowest BCUT2D eigenvalue weighted by molar-refractivity contribution is -0.385. The highest BCUT2D eigenvalue weighted by Crippen LogP contribution is 2.39. The fourth-order valence-electron chi connectivity index (χ4n) is 3.14. The van der Waals surface area contributed by atoms with Gasteiger partial charge in [0.25, 0.3) is 5.69 Å². The third-order valence-electron chi connectivity index (χ3n) is 4.12. The Morgan fingerprint density at radius 1 is 1.25 bits per heavy atom. The zero-order valence-electron chi connectivity index (χ0n) is 12.1. The minimum atomic E-state index is -4.06. The standard InChI is InChI=1S/C15H9BF3N3O2/c17-11-7-10(8-12(9-11)22(23)24)15-13-3-1-5-20(13)16(18,19)21-6-2-4-14(15)21/h1-9H. The fraction of sp³-hybridized carbons (Fsp3) is 0. The summed E-state index contributed by atoms with van der Waals surface area (Å²) in [6, 6.07) is 6.03. The molecule has 24 heavy (non-hydrogen) atoms. The first-order valence-electron chi connectivity index (χ1n) is 7.09. The molecule has 2 aromatic rings. The lowest BCUT2D eigenvalue weighted by Crippen LogP contribution is -2.49. The molecule has 0 saturated carbocycles. The minimum Gasteiger partial charge on any atom is -0.396 e. The van der Waals surface area contributed by atoms with Gasteiger partial charge in [0.15, 0.2) is 5.70 Å². The van der Waals surface area contributed by atoms with E-state index in [9.17, 15) is 23.1 Å². The second-order valence-electron chi connectivity index (χ2n) is 5.52. The molecule has 0 bridgehead atoms. The van der Waals surface area contributed by atoms with Crippen LogP contribution in [-0.2, 0) is 0 Å². The SMILES string of the molecule is O=[N+]([O-])c1cc(F)cc(C2=C3C=CC=[N+]3[B-](F)(F)n3cccc32)c1. The molecule has 0 saturated heterocycles. The molecule has 1 aromatic heterocycles. The lowest BCUT2D eigenvalue weighted by Gasteiger charge is -2.30. The van der Waals surface area contributed by atoms with Crippen molar-refractivity contribution in [3.63, 3.8) is 0 Å². The molecular formula is C15H9BF3N3O2. The molecule has 2 aliphatic rings. The Hall–Kier alpha value is -3.10. The van der Waals surface area contributed by atoms with Gasteiger partial charge in [-0.05, 0) is 30.0 Å². The van der Waals surface area contributed by atoms with E-state index >= 15 is 0 Å². The first-order valence-corrected chi connectivity index (χ1v) is 7.09. The first kappa shape index (κ1) is 14.5. The Bertz CT molecular complexity index is 992. The molecule has 5 nitrogen and oxygen atoms in total. The Labute approximate surface area is 133 Å². The molecule has 0 N–H and O–H groups in total. The van der Waals surface area contributed by atoms with E-state index in [1.165, 1.54) is 42.8 Å². The number of hydrogen-bond acceptors (Lipinski definition) is 2. The van der Waals surface area contributed by atoms with Gasteiger partial charge in [0.05, 0.1) is 16.6 Å². The molecule has 3 heterocycles. The van der Waals surface area contributed by atoms with Crippen LogP contribution in [0.15, 0.2) is 54.4 Å². The maximum absolute atomic E-state index is 14.6. The number of rotatable bonds is 2. The molecule has 9 heteroatoms. The van der Waals surface area contributed by atoms with E-state index in [1.807, 2.05) is 0 Å². The van der Waals surface area contributed by atoms with Crippen LogP contribution >= 0.6 is 0 Å². The van der Waals surface area contributed by atoms with Crippen LogP contribution in [0.2, 0.25) is 0 Å². The topological polar surface area (TPSA) is 51.1 Å². The number of benzene rings is 1. The molecule has 1 aromatic carbocycles. The van der Waals surface area contributed by atoms with Crippen LogP contribution in [0.5, 0.6) is 0 Å². The van der Waals surface area contributed by atoms with Crippen molar-refractivity contribution in [1.29, 1.82) is 0 Å². The monoisotopic (exact) mass is 331 g/mol. The molecule has 4 rings (SSSR count). The van der Waals surface area contributed by atoms with Crippen molar-refractivity contribution in [3.05, 3.63) is 81.6 Å². The summed E-state index contributed by atoms with van der Waals surface area (Å²) in [6.45, 7) is -4.06. The molecule has 120 valence electrons. The van der Waals surface area contributed by atoms with Gasteiger partial charge in [-0.25, -0.2) is 4.39 Å². The quantitative estimate of drug-likeness (QED) is 0.482. The molecule has 0 radical (unpaired) electrons. The molecule has 0 atom stereocenters. The predicted octanol–water partition coefficient (Wildman–Crippen LogP) is 3.18.